The molecule has 2 heterocycles. The number of methoxy groups -OCH3 is 1. The average molecular weight is 294 g/mol. The minimum Gasteiger partial charge on any atom is -0.383 e. The van der Waals surface area contributed by atoms with E-state index in [1.165, 1.54) is 18.5 Å². The summed E-state index contributed by atoms with van der Waals surface area (Å²) >= 11 is 0. The third-order valence-corrected chi connectivity index (χ3v) is 4.70. The van der Waals surface area contributed by atoms with Gasteiger partial charge in [0.1, 0.15) is 0 Å². The zero-order valence-electron chi connectivity index (χ0n) is 13.9. The van der Waals surface area contributed by atoms with Gasteiger partial charge in [-0.3, -0.25) is 4.68 Å². The summed E-state index contributed by atoms with van der Waals surface area (Å²) in [6.45, 7) is 10.7. The van der Waals surface area contributed by atoms with Crippen LogP contribution in [0.15, 0.2) is 12.4 Å². The van der Waals surface area contributed by atoms with Crippen molar-refractivity contribution in [3.8, 4) is 0 Å². The number of nitrogens with one attached hydrogen (secondary N) is 1. The van der Waals surface area contributed by atoms with Crippen LogP contribution in [-0.4, -0.2) is 48.7 Å². The van der Waals surface area contributed by atoms with Gasteiger partial charge in [0.25, 0.3) is 0 Å². The lowest BCUT2D eigenvalue weighted by molar-refractivity contribution is 0.183. The van der Waals surface area contributed by atoms with E-state index in [1.807, 2.05) is 10.9 Å². The smallest absolute Gasteiger partial charge is 0.0755 e. The summed E-state index contributed by atoms with van der Waals surface area (Å²) in [5.74, 6) is 0.646. The van der Waals surface area contributed by atoms with E-state index in [9.17, 15) is 0 Å². The Balaban J connectivity index is 1.96. The quantitative estimate of drug-likeness (QED) is 0.836. The third-order valence-electron chi connectivity index (χ3n) is 4.70. The van der Waals surface area contributed by atoms with E-state index in [1.54, 1.807) is 7.11 Å². The summed E-state index contributed by atoms with van der Waals surface area (Å²) in [5.41, 5.74) is 1.24. The first-order chi connectivity index (χ1) is 10.2. The van der Waals surface area contributed by atoms with Crippen LogP contribution in [0, 0.1) is 5.92 Å². The van der Waals surface area contributed by atoms with Crippen LogP contribution in [0.5, 0.6) is 0 Å². The fraction of sp³-hybridized carbons (Fsp3) is 0.812. The normalized spacial score (nSPS) is 26.3. The van der Waals surface area contributed by atoms with Crippen LogP contribution in [0.4, 0.5) is 5.69 Å². The standard InChI is InChI=1S/C16H30N4O/c1-5-7-17-16-6-8-20(14(3)13(16)2)15-11-18-19(12-15)9-10-21-4/h11-14,16-17H,5-10H2,1-4H3. The largest absolute Gasteiger partial charge is 0.383 e. The van der Waals surface area contributed by atoms with Gasteiger partial charge < -0.3 is 15.0 Å². The number of aromatic nitrogens is 2. The molecule has 5 nitrogen and oxygen atoms in total. The first kappa shape index (κ1) is 16.3. The third kappa shape index (κ3) is 3.98. The van der Waals surface area contributed by atoms with E-state index in [0.717, 1.165) is 19.6 Å². The number of hydrogen-bond donors (Lipinski definition) is 1. The molecule has 5 heteroatoms. The summed E-state index contributed by atoms with van der Waals surface area (Å²) in [4.78, 5) is 2.49. The van der Waals surface area contributed by atoms with Crippen molar-refractivity contribution in [2.45, 2.75) is 52.2 Å². The van der Waals surface area contributed by atoms with Gasteiger partial charge in [-0.25, -0.2) is 0 Å². The molecular formula is C16H30N4O. The van der Waals surface area contributed by atoms with Gasteiger partial charge in [0, 0.05) is 31.9 Å². The van der Waals surface area contributed by atoms with Crippen molar-refractivity contribution in [2.75, 3.05) is 31.7 Å². The molecular weight excluding hydrogens is 264 g/mol. The van der Waals surface area contributed by atoms with Crippen molar-refractivity contribution in [3.05, 3.63) is 12.4 Å². The van der Waals surface area contributed by atoms with E-state index in [2.05, 4.69) is 42.3 Å². The molecule has 1 N–H and O–H groups in total. The molecule has 1 aliphatic rings. The topological polar surface area (TPSA) is 42.3 Å². The van der Waals surface area contributed by atoms with Gasteiger partial charge >= 0.3 is 0 Å². The van der Waals surface area contributed by atoms with E-state index in [-0.39, 0.29) is 0 Å². The molecule has 0 amide bonds. The van der Waals surface area contributed by atoms with Gasteiger partial charge in [-0.15, -0.1) is 0 Å². The molecule has 1 fully saturated rings. The Hall–Kier alpha value is -1.07. The highest BCUT2D eigenvalue weighted by Crippen LogP contribution is 2.28. The number of piperidine rings is 1. The van der Waals surface area contributed by atoms with Crippen molar-refractivity contribution in [3.63, 3.8) is 0 Å². The number of ether oxygens (including phenoxy) is 1. The molecule has 0 bridgehead atoms. The maximum absolute atomic E-state index is 5.11. The van der Waals surface area contributed by atoms with Crippen LogP contribution in [0.3, 0.4) is 0 Å². The van der Waals surface area contributed by atoms with Crippen molar-refractivity contribution < 1.29 is 4.74 Å². The minimum absolute atomic E-state index is 0.535. The van der Waals surface area contributed by atoms with Crippen LogP contribution >= 0.6 is 0 Å². The molecule has 0 radical (unpaired) electrons. The second-order valence-corrected chi connectivity index (χ2v) is 6.10. The first-order valence-electron chi connectivity index (χ1n) is 8.18. The maximum atomic E-state index is 5.11. The molecule has 0 spiro atoms. The van der Waals surface area contributed by atoms with E-state index in [4.69, 9.17) is 4.74 Å². The van der Waals surface area contributed by atoms with Crippen molar-refractivity contribution >= 4 is 5.69 Å². The highest BCUT2D eigenvalue weighted by atomic mass is 16.5. The Morgan fingerprint density at radius 2 is 2.24 bits per heavy atom. The summed E-state index contributed by atoms with van der Waals surface area (Å²) in [7, 11) is 1.72. The molecule has 1 saturated heterocycles. The number of anilines is 1. The molecule has 0 saturated carbocycles. The Morgan fingerprint density at radius 3 is 2.95 bits per heavy atom. The predicted octanol–water partition coefficient (Wildman–Crippen LogP) is 2.13. The van der Waals surface area contributed by atoms with Gasteiger partial charge in [-0.05, 0) is 32.2 Å². The van der Waals surface area contributed by atoms with Crippen LogP contribution in [-0.2, 0) is 11.3 Å². The van der Waals surface area contributed by atoms with E-state index < -0.39 is 0 Å². The van der Waals surface area contributed by atoms with E-state index in [0.29, 0.717) is 24.6 Å². The molecule has 1 aromatic heterocycles. The Kier molecular flexibility index (Phi) is 6.06. The summed E-state index contributed by atoms with van der Waals surface area (Å²) < 4.78 is 7.08. The molecule has 1 aromatic rings. The molecule has 2 rings (SSSR count). The van der Waals surface area contributed by atoms with Crippen LogP contribution < -0.4 is 10.2 Å². The zero-order chi connectivity index (χ0) is 15.2. The minimum atomic E-state index is 0.535. The van der Waals surface area contributed by atoms with Crippen molar-refractivity contribution in [1.29, 1.82) is 0 Å². The molecule has 120 valence electrons. The van der Waals surface area contributed by atoms with Gasteiger partial charge in [-0.1, -0.05) is 13.8 Å². The lowest BCUT2D eigenvalue weighted by Gasteiger charge is -2.43. The molecule has 0 aromatic carbocycles. The lowest BCUT2D eigenvalue weighted by atomic mass is 9.86. The monoisotopic (exact) mass is 294 g/mol. The highest BCUT2D eigenvalue weighted by molar-refractivity contribution is 5.44. The Labute approximate surface area is 128 Å². The van der Waals surface area contributed by atoms with Crippen molar-refractivity contribution in [1.82, 2.24) is 15.1 Å². The average Bonchev–Trinajstić information content (AvgIpc) is 2.95. The molecule has 3 unspecified atom stereocenters. The highest BCUT2D eigenvalue weighted by Gasteiger charge is 2.32. The van der Waals surface area contributed by atoms with E-state index >= 15 is 0 Å². The second kappa shape index (κ2) is 7.80. The summed E-state index contributed by atoms with van der Waals surface area (Å²) in [5, 5.41) is 8.13. The summed E-state index contributed by atoms with van der Waals surface area (Å²) in [6, 6.07) is 1.17. The number of nitrogens with zero attached hydrogens (tertiary/aromatic N) is 3. The molecule has 3 atom stereocenters. The zero-order valence-corrected chi connectivity index (χ0v) is 13.9. The number of rotatable bonds is 7. The number of hydrogen-bond acceptors (Lipinski definition) is 4. The van der Waals surface area contributed by atoms with Gasteiger partial charge in [-0.2, -0.15) is 5.10 Å². The Morgan fingerprint density at radius 1 is 1.43 bits per heavy atom. The van der Waals surface area contributed by atoms with Gasteiger partial charge in [0.05, 0.1) is 25.0 Å². The predicted molar refractivity (Wildman–Crippen MR) is 86.8 cm³/mol. The van der Waals surface area contributed by atoms with Crippen LogP contribution in [0.25, 0.3) is 0 Å². The maximum Gasteiger partial charge on any atom is 0.0755 e. The molecule has 21 heavy (non-hydrogen) atoms. The lowest BCUT2D eigenvalue weighted by Crippen LogP contribution is -2.53. The summed E-state index contributed by atoms with van der Waals surface area (Å²) in [6.07, 6.45) is 6.53. The molecule has 1 aliphatic heterocycles. The fourth-order valence-corrected chi connectivity index (χ4v) is 3.15. The second-order valence-electron chi connectivity index (χ2n) is 6.10. The molecule has 0 aliphatic carbocycles. The fourth-order valence-electron chi connectivity index (χ4n) is 3.15. The van der Waals surface area contributed by atoms with Gasteiger partial charge in [0.15, 0.2) is 0 Å². The first-order valence-corrected chi connectivity index (χ1v) is 8.18. The van der Waals surface area contributed by atoms with Gasteiger partial charge in [0.2, 0.25) is 0 Å². The van der Waals surface area contributed by atoms with Crippen molar-refractivity contribution in [2.24, 2.45) is 5.92 Å². The van der Waals surface area contributed by atoms with Crippen LogP contribution in [0.1, 0.15) is 33.6 Å². The Bertz CT molecular complexity index is 420. The SMILES string of the molecule is CCCNC1CCN(c2cnn(CCOC)c2)C(C)C1C. The van der Waals surface area contributed by atoms with Crippen LogP contribution in [0.2, 0.25) is 0 Å².